The molecule has 0 saturated carbocycles. The zero-order valence-corrected chi connectivity index (χ0v) is 6.17. The van der Waals surface area contributed by atoms with E-state index in [-0.39, 0.29) is 0 Å². The van der Waals surface area contributed by atoms with Crippen LogP contribution in [0.25, 0.3) is 0 Å². The predicted octanol–water partition coefficient (Wildman–Crippen LogP) is 2.30. The van der Waals surface area contributed by atoms with Crippen LogP contribution in [-0.4, -0.2) is 0 Å². The van der Waals surface area contributed by atoms with Crippen molar-refractivity contribution in [3.05, 3.63) is 23.5 Å². The molecule has 0 bridgehead atoms. The summed E-state index contributed by atoms with van der Waals surface area (Å²) in [6.45, 7) is 0. The van der Waals surface area contributed by atoms with Gasteiger partial charge >= 0.3 is 0 Å². The molecule has 0 radical (unpaired) electrons. The second-order valence-corrected chi connectivity index (χ2v) is 3.17. The lowest BCUT2D eigenvalue weighted by Gasteiger charge is -1.84. The van der Waals surface area contributed by atoms with Gasteiger partial charge in [-0.15, -0.1) is 8.93 Å². The summed E-state index contributed by atoms with van der Waals surface area (Å²) in [6.07, 6.45) is 7.78. The van der Waals surface area contributed by atoms with Crippen molar-refractivity contribution in [2.45, 2.75) is 6.42 Å². The molecule has 0 nitrogen and oxygen atoms in total. The Bertz CT molecular complexity index is 113. The van der Waals surface area contributed by atoms with Gasteiger partial charge in [0.1, 0.15) is 0 Å². The average Bonchev–Trinajstić information content (AvgIpc) is 2.14. The molecule has 0 aliphatic heterocycles. The number of hydrogen-bond acceptors (Lipinski definition) is 0. The van der Waals surface area contributed by atoms with E-state index in [1.54, 1.807) is 0 Å². The predicted molar refractivity (Wildman–Crippen MR) is 39.9 cm³/mol. The minimum atomic E-state index is 0.902. The molecule has 0 spiro atoms. The van der Waals surface area contributed by atoms with Crippen molar-refractivity contribution in [1.29, 1.82) is 0 Å². The Morgan fingerprint density at radius 3 is 2.86 bits per heavy atom. The molecule has 0 N–H and O–H groups in total. The molecule has 2 atom stereocenters. The molecule has 7 heavy (non-hydrogen) atoms. The molecule has 1 rings (SSSR count). The molecular formula is C5H8P2. The van der Waals surface area contributed by atoms with E-state index in [2.05, 4.69) is 27.2 Å². The van der Waals surface area contributed by atoms with E-state index in [0.29, 0.717) is 0 Å². The first-order valence-electron chi connectivity index (χ1n) is 2.27. The lowest BCUT2D eigenvalue weighted by atomic mass is 10.5. The molecule has 2 heteroatoms. The molecule has 1 aliphatic carbocycles. The molecular weight excluding hydrogens is 122 g/mol. The van der Waals surface area contributed by atoms with E-state index in [1.807, 2.05) is 0 Å². The Morgan fingerprint density at radius 2 is 2.57 bits per heavy atom. The van der Waals surface area contributed by atoms with Crippen LogP contribution < -0.4 is 0 Å². The summed E-state index contributed by atoms with van der Waals surface area (Å²) in [7, 11) is 3.63. The zero-order valence-electron chi connectivity index (χ0n) is 4.02. The standard InChI is InChI=1S/C5H8P2/c6-7-5-3-1-2-4-5/h1,3-4,7H,2,6H2. The van der Waals surface area contributed by atoms with Gasteiger partial charge in [-0.3, -0.25) is 0 Å². The molecule has 0 aromatic carbocycles. The highest BCUT2D eigenvalue weighted by Gasteiger charge is 1.90. The van der Waals surface area contributed by atoms with E-state index < -0.39 is 0 Å². The van der Waals surface area contributed by atoms with Gasteiger partial charge in [-0.05, 0) is 11.7 Å². The van der Waals surface area contributed by atoms with Crippen molar-refractivity contribution in [2.75, 3.05) is 0 Å². The lowest BCUT2D eigenvalue weighted by Crippen LogP contribution is -1.47. The molecule has 0 saturated heterocycles. The van der Waals surface area contributed by atoms with Crippen LogP contribution in [0.1, 0.15) is 6.42 Å². The molecule has 2 unspecified atom stereocenters. The van der Waals surface area contributed by atoms with E-state index in [0.717, 1.165) is 14.7 Å². The van der Waals surface area contributed by atoms with Crippen LogP contribution >= 0.6 is 17.2 Å². The fraction of sp³-hybridized carbons (Fsp3) is 0.200. The van der Waals surface area contributed by atoms with Crippen LogP contribution in [0.4, 0.5) is 0 Å². The van der Waals surface area contributed by atoms with Gasteiger partial charge in [0.25, 0.3) is 0 Å². The van der Waals surface area contributed by atoms with Crippen molar-refractivity contribution in [3.8, 4) is 0 Å². The van der Waals surface area contributed by atoms with Gasteiger partial charge in [-0.1, -0.05) is 26.5 Å². The SMILES string of the molecule is PPC1=CCC=C1. The van der Waals surface area contributed by atoms with Gasteiger partial charge in [-0.25, -0.2) is 0 Å². The van der Waals surface area contributed by atoms with Gasteiger partial charge < -0.3 is 0 Å². The smallest absolute Gasteiger partial charge is 0.0156 e. The third kappa shape index (κ3) is 1.37. The van der Waals surface area contributed by atoms with Crippen LogP contribution in [0.5, 0.6) is 0 Å². The fourth-order valence-corrected chi connectivity index (χ4v) is 1.66. The van der Waals surface area contributed by atoms with Crippen LogP contribution in [0.3, 0.4) is 0 Å². The van der Waals surface area contributed by atoms with Crippen molar-refractivity contribution < 1.29 is 0 Å². The van der Waals surface area contributed by atoms with Crippen molar-refractivity contribution >= 4 is 17.2 Å². The summed E-state index contributed by atoms with van der Waals surface area (Å²) in [5.74, 6) is 0. The van der Waals surface area contributed by atoms with Gasteiger partial charge in [0.05, 0.1) is 0 Å². The Hall–Kier alpha value is 0.340. The lowest BCUT2D eigenvalue weighted by molar-refractivity contribution is 1.45. The second kappa shape index (κ2) is 2.60. The maximum absolute atomic E-state index is 2.73. The largest absolute Gasteiger partial charge is 0.110 e. The Kier molecular flexibility index (Phi) is 2.03. The van der Waals surface area contributed by atoms with Crippen LogP contribution in [-0.2, 0) is 0 Å². The van der Waals surface area contributed by atoms with Gasteiger partial charge in [0, 0.05) is 0 Å². The third-order valence-electron chi connectivity index (χ3n) is 0.938. The Morgan fingerprint density at radius 1 is 1.71 bits per heavy atom. The molecule has 0 aromatic rings. The molecule has 0 heterocycles. The molecule has 0 amide bonds. The molecule has 0 fully saturated rings. The first kappa shape index (κ1) is 5.48. The highest BCUT2D eigenvalue weighted by molar-refractivity contribution is 8.05. The summed E-state index contributed by atoms with van der Waals surface area (Å²) in [4.78, 5) is 0. The maximum atomic E-state index is 2.73. The highest BCUT2D eigenvalue weighted by atomic mass is 32.0. The first-order valence-corrected chi connectivity index (χ1v) is 5.08. The van der Waals surface area contributed by atoms with E-state index in [1.165, 1.54) is 5.31 Å². The fourth-order valence-electron chi connectivity index (χ4n) is 0.565. The second-order valence-electron chi connectivity index (χ2n) is 1.44. The molecule has 0 aromatic heterocycles. The first-order chi connectivity index (χ1) is 3.43. The van der Waals surface area contributed by atoms with Crippen molar-refractivity contribution in [1.82, 2.24) is 0 Å². The van der Waals surface area contributed by atoms with E-state index >= 15 is 0 Å². The van der Waals surface area contributed by atoms with Crippen molar-refractivity contribution in [3.63, 3.8) is 0 Å². The minimum Gasteiger partial charge on any atom is -0.110 e. The summed E-state index contributed by atoms with van der Waals surface area (Å²) in [6, 6.07) is 0. The van der Waals surface area contributed by atoms with Crippen molar-refractivity contribution in [2.24, 2.45) is 0 Å². The third-order valence-corrected chi connectivity index (χ3v) is 2.64. The molecule has 38 valence electrons. The summed E-state index contributed by atoms with van der Waals surface area (Å²) in [5.41, 5.74) is 0. The van der Waals surface area contributed by atoms with Crippen LogP contribution in [0.15, 0.2) is 23.5 Å². The Labute approximate surface area is 48.0 Å². The summed E-state index contributed by atoms with van der Waals surface area (Å²) >= 11 is 0. The normalized spacial score (nSPS) is 19.3. The maximum Gasteiger partial charge on any atom is -0.0156 e. The topological polar surface area (TPSA) is 0 Å². The average molecular weight is 130 g/mol. The summed E-state index contributed by atoms with van der Waals surface area (Å²) in [5, 5.41) is 1.48. The van der Waals surface area contributed by atoms with Crippen LogP contribution in [0.2, 0.25) is 0 Å². The van der Waals surface area contributed by atoms with Crippen LogP contribution in [0, 0.1) is 0 Å². The Balaban J connectivity index is 2.52. The van der Waals surface area contributed by atoms with Gasteiger partial charge in [-0.2, -0.15) is 0 Å². The highest BCUT2D eigenvalue weighted by Crippen LogP contribution is 2.34. The minimum absolute atomic E-state index is 0.902. The zero-order chi connectivity index (χ0) is 5.11. The number of allylic oxidation sites excluding steroid dienone is 4. The summed E-state index contributed by atoms with van der Waals surface area (Å²) < 4.78 is 0. The van der Waals surface area contributed by atoms with Gasteiger partial charge in [0.2, 0.25) is 0 Å². The quantitative estimate of drug-likeness (QED) is 0.477. The molecule has 1 aliphatic rings. The monoisotopic (exact) mass is 130 g/mol. The number of hydrogen-bond donors (Lipinski definition) is 0. The number of rotatable bonds is 1. The van der Waals surface area contributed by atoms with Gasteiger partial charge in [0.15, 0.2) is 0 Å². The van der Waals surface area contributed by atoms with E-state index in [4.69, 9.17) is 0 Å². The van der Waals surface area contributed by atoms with E-state index in [9.17, 15) is 0 Å².